The van der Waals surface area contributed by atoms with Gasteiger partial charge in [-0.1, -0.05) is 12.1 Å². The van der Waals surface area contributed by atoms with Gasteiger partial charge in [-0.25, -0.2) is 14.8 Å². The highest BCUT2D eigenvalue weighted by atomic mass is 16.5. The maximum absolute atomic E-state index is 12.0. The number of carbonyl (C=O) groups excluding carboxylic acids is 1. The maximum atomic E-state index is 12.0. The standard InChI is InChI=1S/C17H18N4O2/c1-3-23-17(22)12-7-6-10-18-16(12)19-11(2)15-20-13-8-4-5-9-14(13)21-15/h4-11H,3H2,1-2H3,(H,18,19)(H,20,21). The monoisotopic (exact) mass is 310 g/mol. The molecule has 0 amide bonds. The second-order valence-electron chi connectivity index (χ2n) is 5.13. The van der Waals surface area contributed by atoms with Crippen LogP contribution in [0.3, 0.4) is 0 Å². The first-order chi connectivity index (χ1) is 11.2. The highest BCUT2D eigenvalue weighted by Crippen LogP contribution is 2.21. The van der Waals surface area contributed by atoms with E-state index in [2.05, 4.69) is 20.3 Å². The minimum atomic E-state index is -0.389. The van der Waals surface area contributed by atoms with E-state index in [-0.39, 0.29) is 12.0 Å². The van der Waals surface area contributed by atoms with E-state index in [4.69, 9.17) is 4.74 Å². The van der Waals surface area contributed by atoms with Crippen molar-refractivity contribution in [2.75, 3.05) is 11.9 Å². The van der Waals surface area contributed by atoms with Crippen molar-refractivity contribution in [2.45, 2.75) is 19.9 Å². The van der Waals surface area contributed by atoms with Crippen molar-refractivity contribution < 1.29 is 9.53 Å². The topological polar surface area (TPSA) is 79.9 Å². The van der Waals surface area contributed by atoms with Gasteiger partial charge in [0.1, 0.15) is 17.2 Å². The van der Waals surface area contributed by atoms with Crippen LogP contribution in [0.5, 0.6) is 0 Å². The highest BCUT2D eigenvalue weighted by Gasteiger charge is 2.17. The van der Waals surface area contributed by atoms with Crippen molar-refractivity contribution in [2.24, 2.45) is 0 Å². The minimum absolute atomic E-state index is 0.134. The molecular weight excluding hydrogens is 292 g/mol. The Labute approximate surface area is 133 Å². The molecule has 6 nitrogen and oxygen atoms in total. The molecular formula is C17H18N4O2. The lowest BCUT2D eigenvalue weighted by Gasteiger charge is -2.14. The quantitative estimate of drug-likeness (QED) is 0.707. The van der Waals surface area contributed by atoms with Crippen molar-refractivity contribution in [1.29, 1.82) is 0 Å². The van der Waals surface area contributed by atoms with Crippen LogP contribution in [-0.4, -0.2) is 27.5 Å². The van der Waals surface area contributed by atoms with Crippen molar-refractivity contribution >= 4 is 22.8 Å². The lowest BCUT2D eigenvalue weighted by molar-refractivity contribution is 0.0527. The second kappa shape index (κ2) is 6.48. The van der Waals surface area contributed by atoms with E-state index in [1.807, 2.05) is 31.2 Å². The van der Waals surface area contributed by atoms with Crippen LogP contribution in [0.15, 0.2) is 42.6 Å². The second-order valence-corrected chi connectivity index (χ2v) is 5.13. The van der Waals surface area contributed by atoms with E-state index < -0.39 is 0 Å². The molecule has 0 saturated heterocycles. The van der Waals surface area contributed by atoms with Gasteiger partial charge in [-0.05, 0) is 38.1 Å². The largest absolute Gasteiger partial charge is 0.462 e. The number of nitrogens with one attached hydrogen (secondary N) is 2. The van der Waals surface area contributed by atoms with Gasteiger partial charge in [0.2, 0.25) is 0 Å². The fraction of sp³-hybridized carbons (Fsp3) is 0.235. The summed E-state index contributed by atoms with van der Waals surface area (Å²) in [7, 11) is 0. The van der Waals surface area contributed by atoms with Gasteiger partial charge in [-0.2, -0.15) is 0 Å². The van der Waals surface area contributed by atoms with Gasteiger partial charge in [0, 0.05) is 6.20 Å². The molecule has 0 bridgehead atoms. The molecule has 0 radical (unpaired) electrons. The van der Waals surface area contributed by atoms with Gasteiger partial charge < -0.3 is 15.0 Å². The minimum Gasteiger partial charge on any atom is -0.462 e. The molecule has 0 aliphatic rings. The Balaban J connectivity index is 1.85. The zero-order chi connectivity index (χ0) is 16.2. The molecule has 23 heavy (non-hydrogen) atoms. The Hall–Kier alpha value is -2.89. The van der Waals surface area contributed by atoms with Crippen molar-refractivity contribution in [3.8, 4) is 0 Å². The van der Waals surface area contributed by atoms with Gasteiger partial charge in [-0.15, -0.1) is 0 Å². The van der Waals surface area contributed by atoms with Gasteiger partial charge in [0.05, 0.1) is 23.7 Å². The first-order valence-electron chi connectivity index (χ1n) is 7.52. The molecule has 1 aromatic carbocycles. The third-order valence-corrected chi connectivity index (χ3v) is 3.47. The number of H-pyrrole nitrogens is 1. The molecule has 2 heterocycles. The van der Waals surface area contributed by atoms with Gasteiger partial charge in [-0.3, -0.25) is 0 Å². The average molecular weight is 310 g/mol. The summed E-state index contributed by atoms with van der Waals surface area (Å²) in [6, 6.07) is 11.1. The molecule has 0 saturated carbocycles. The van der Waals surface area contributed by atoms with E-state index in [0.717, 1.165) is 16.9 Å². The summed E-state index contributed by atoms with van der Waals surface area (Å²) < 4.78 is 5.06. The van der Waals surface area contributed by atoms with E-state index in [1.165, 1.54) is 0 Å². The Morgan fingerprint density at radius 1 is 1.30 bits per heavy atom. The van der Waals surface area contributed by atoms with Crippen LogP contribution in [0.1, 0.15) is 36.1 Å². The van der Waals surface area contributed by atoms with Crippen LogP contribution >= 0.6 is 0 Å². The van der Waals surface area contributed by atoms with Gasteiger partial charge in [0.25, 0.3) is 0 Å². The summed E-state index contributed by atoms with van der Waals surface area (Å²) in [5.74, 6) is 0.880. The third kappa shape index (κ3) is 3.15. The summed E-state index contributed by atoms with van der Waals surface area (Å²) >= 11 is 0. The molecule has 3 rings (SSSR count). The number of hydrogen-bond donors (Lipinski definition) is 2. The molecule has 3 aromatic rings. The van der Waals surface area contributed by atoms with Crippen LogP contribution in [0.25, 0.3) is 11.0 Å². The van der Waals surface area contributed by atoms with E-state index in [1.54, 1.807) is 25.3 Å². The number of aromatic nitrogens is 3. The molecule has 0 fully saturated rings. The number of benzene rings is 1. The molecule has 0 spiro atoms. The SMILES string of the molecule is CCOC(=O)c1cccnc1NC(C)c1nc2ccccc2[nH]1. The maximum Gasteiger partial charge on any atom is 0.341 e. The lowest BCUT2D eigenvalue weighted by Crippen LogP contribution is -2.14. The molecule has 0 aliphatic carbocycles. The Morgan fingerprint density at radius 3 is 2.91 bits per heavy atom. The Bertz CT molecular complexity index is 795. The van der Waals surface area contributed by atoms with E-state index in [9.17, 15) is 4.79 Å². The summed E-state index contributed by atoms with van der Waals surface area (Å²) in [6.45, 7) is 4.06. The number of ether oxygens (including phenoxy) is 1. The molecule has 2 aromatic heterocycles. The highest BCUT2D eigenvalue weighted by molar-refractivity contribution is 5.94. The Kier molecular flexibility index (Phi) is 4.23. The van der Waals surface area contributed by atoms with Crippen LogP contribution in [-0.2, 0) is 4.74 Å². The van der Waals surface area contributed by atoms with Crippen molar-refractivity contribution in [1.82, 2.24) is 15.0 Å². The molecule has 2 N–H and O–H groups in total. The smallest absolute Gasteiger partial charge is 0.341 e. The van der Waals surface area contributed by atoms with Crippen LogP contribution < -0.4 is 5.32 Å². The predicted octanol–water partition coefficient (Wildman–Crippen LogP) is 3.31. The first-order valence-corrected chi connectivity index (χ1v) is 7.52. The van der Waals surface area contributed by atoms with Crippen LogP contribution in [0, 0.1) is 0 Å². The lowest BCUT2D eigenvalue weighted by atomic mass is 10.2. The molecule has 6 heteroatoms. The average Bonchev–Trinajstić information content (AvgIpc) is 3.00. The zero-order valence-electron chi connectivity index (χ0n) is 13.0. The number of pyridine rings is 1. The predicted molar refractivity (Wildman–Crippen MR) is 88.3 cm³/mol. The number of anilines is 1. The molecule has 0 aliphatic heterocycles. The number of hydrogen-bond acceptors (Lipinski definition) is 5. The number of para-hydroxylation sites is 2. The first kappa shape index (κ1) is 15.0. The summed E-state index contributed by atoms with van der Waals surface area (Å²) in [4.78, 5) is 24.1. The van der Waals surface area contributed by atoms with Gasteiger partial charge in [0.15, 0.2) is 0 Å². The van der Waals surface area contributed by atoms with Crippen molar-refractivity contribution in [3.63, 3.8) is 0 Å². The number of aromatic amines is 1. The molecule has 1 unspecified atom stereocenters. The van der Waals surface area contributed by atoms with Crippen LogP contribution in [0.4, 0.5) is 5.82 Å². The number of esters is 1. The number of carbonyl (C=O) groups is 1. The fourth-order valence-electron chi connectivity index (χ4n) is 2.34. The summed E-state index contributed by atoms with van der Waals surface area (Å²) in [5, 5.41) is 3.22. The van der Waals surface area contributed by atoms with Crippen molar-refractivity contribution in [3.05, 3.63) is 54.0 Å². The Morgan fingerprint density at radius 2 is 2.13 bits per heavy atom. The van der Waals surface area contributed by atoms with E-state index >= 15 is 0 Å². The van der Waals surface area contributed by atoms with Gasteiger partial charge >= 0.3 is 5.97 Å². The van der Waals surface area contributed by atoms with Crippen LogP contribution in [0.2, 0.25) is 0 Å². The number of imidazole rings is 1. The zero-order valence-corrected chi connectivity index (χ0v) is 13.0. The van der Waals surface area contributed by atoms with E-state index in [0.29, 0.717) is 18.0 Å². The third-order valence-electron chi connectivity index (χ3n) is 3.47. The summed E-state index contributed by atoms with van der Waals surface area (Å²) in [5.41, 5.74) is 2.29. The number of nitrogens with zero attached hydrogens (tertiary/aromatic N) is 2. The molecule has 1 atom stereocenters. The number of rotatable bonds is 5. The normalized spacial score (nSPS) is 12.1. The summed E-state index contributed by atoms with van der Waals surface area (Å²) in [6.07, 6.45) is 1.64. The fourth-order valence-corrected chi connectivity index (χ4v) is 2.34. The number of fused-ring (bicyclic) bond motifs is 1. The molecule has 118 valence electrons.